The number of alkyl halides is 2. The summed E-state index contributed by atoms with van der Waals surface area (Å²) < 4.78 is 22.4. The Kier molecular flexibility index (Phi) is 13.9. The molecular formula is C7H16F2. The minimum atomic E-state index is -2.10. The lowest BCUT2D eigenvalue weighted by molar-refractivity contribution is 0.134. The maximum absolute atomic E-state index is 11.2. The Labute approximate surface area is 56.3 Å². The van der Waals surface area contributed by atoms with Crippen LogP contribution < -0.4 is 0 Å². The van der Waals surface area contributed by atoms with Crippen molar-refractivity contribution in [3.63, 3.8) is 0 Å². The summed E-state index contributed by atoms with van der Waals surface area (Å²) in [6, 6.07) is 0. The van der Waals surface area contributed by atoms with Crippen molar-refractivity contribution in [3.8, 4) is 0 Å². The smallest absolute Gasteiger partial charge is 0.211 e. The molecule has 58 valence electrons. The fourth-order valence-corrected chi connectivity index (χ4v) is 0.358. The third kappa shape index (κ3) is 18.1. The minimum Gasteiger partial charge on any atom is -0.211 e. The van der Waals surface area contributed by atoms with Crippen molar-refractivity contribution >= 4 is 0 Å². The molecule has 0 atom stereocenters. The molecule has 0 rings (SSSR count). The Bertz CT molecular complexity index is 35.9. The van der Waals surface area contributed by atoms with Gasteiger partial charge in [0.1, 0.15) is 0 Å². The minimum absolute atomic E-state index is 0.0660. The summed E-state index contributed by atoms with van der Waals surface area (Å²) in [5, 5.41) is 0. The molecule has 0 aromatic rings. The summed E-state index contributed by atoms with van der Waals surface area (Å²) in [6.07, 6.45) is -0.515. The van der Waals surface area contributed by atoms with Crippen molar-refractivity contribution in [3.05, 3.63) is 0 Å². The van der Waals surface area contributed by atoms with Crippen molar-refractivity contribution in [1.82, 2.24) is 0 Å². The van der Waals surface area contributed by atoms with Gasteiger partial charge in [0.05, 0.1) is 0 Å². The van der Waals surface area contributed by atoms with Gasteiger partial charge in [0.2, 0.25) is 6.43 Å². The van der Waals surface area contributed by atoms with Crippen LogP contribution in [0.3, 0.4) is 0 Å². The van der Waals surface area contributed by atoms with Crippen molar-refractivity contribution in [2.45, 2.75) is 46.5 Å². The van der Waals surface area contributed by atoms with Crippen molar-refractivity contribution in [2.75, 3.05) is 0 Å². The van der Waals surface area contributed by atoms with Crippen LogP contribution in [-0.2, 0) is 0 Å². The predicted octanol–water partition coefficient (Wildman–Crippen LogP) is 3.47. The molecule has 0 aliphatic heterocycles. The molecule has 0 aromatic carbocycles. The highest BCUT2D eigenvalue weighted by Gasteiger charge is 1.97. The van der Waals surface area contributed by atoms with E-state index >= 15 is 0 Å². The maximum Gasteiger partial charge on any atom is 0.238 e. The van der Waals surface area contributed by atoms with Gasteiger partial charge in [-0.3, -0.25) is 0 Å². The van der Waals surface area contributed by atoms with Crippen molar-refractivity contribution < 1.29 is 8.78 Å². The number of hydrogen-bond donors (Lipinski definition) is 0. The lowest BCUT2D eigenvalue weighted by Gasteiger charge is -1.91. The Morgan fingerprint density at radius 2 is 1.67 bits per heavy atom. The molecule has 0 saturated heterocycles. The molecular weight excluding hydrogens is 122 g/mol. The van der Waals surface area contributed by atoms with Gasteiger partial charge in [0.25, 0.3) is 0 Å². The molecule has 0 radical (unpaired) electrons. The van der Waals surface area contributed by atoms with Gasteiger partial charge in [-0.15, -0.1) is 0 Å². The second-order valence-electron chi connectivity index (χ2n) is 1.53. The van der Waals surface area contributed by atoms with E-state index in [9.17, 15) is 8.78 Å². The van der Waals surface area contributed by atoms with E-state index in [0.717, 1.165) is 6.42 Å². The van der Waals surface area contributed by atoms with E-state index in [1.807, 2.05) is 20.8 Å². The van der Waals surface area contributed by atoms with E-state index in [2.05, 4.69) is 0 Å². The third-order valence-corrected chi connectivity index (χ3v) is 0.776. The van der Waals surface area contributed by atoms with Gasteiger partial charge < -0.3 is 0 Å². The second-order valence-corrected chi connectivity index (χ2v) is 1.53. The topological polar surface area (TPSA) is 0 Å². The fraction of sp³-hybridized carbons (Fsp3) is 1.00. The zero-order chi connectivity index (χ0) is 7.70. The van der Waals surface area contributed by atoms with Gasteiger partial charge in [-0.25, -0.2) is 8.78 Å². The monoisotopic (exact) mass is 138 g/mol. The van der Waals surface area contributed by atoms with Crippen LogP contribution in [-0.4, -0.2) is 6.43 Å². The zero-order valence-corrected chi connectivity index (χ0v) is 6.45. The molecule has 0 nitrogen and oxygen atoms in total. The van der Waals surface area contributed by atoms with E-state index in [1.54, 1.807) is 0 Å². The summed E-state index contributed by atoms with van der Waals surface area (Å²) in [4.78, 5) is 0. The molecule has 0 N–H and O–H groups in total. The predicted molar refractivity (Wildman–Crippen MR) is 36.9 cm³/mol. The van der Waals surface area contributed by atoms with Gasteiger partial charge in [-0.05, 0) is 6.42 Å². The van der Waals surface area contributed by atoms with E-state index in [4.69, 9.17) is 0 Å². The van der Waals surface area contributed by atoms with Gasteiger partial charge >= 0.3 is 0 Å². The average molecular weight is 138 g/mol. The number of halogens is 2. The maximum atomic E-state index is 11.2. The van der Waals surface area contributed by atoms with Crippen LogP contribution in [0.15, 0.2) is 0 Å². The van der Waals surface area contributed by atoms with Gasteiger partial charge in [-0.1, -0.05) is 27.2 Å². The fourth-order valence-electron chi connectivity index (χ4n) is 0.358. The molecule has 0 aromatic heterocycles. The first kappa shape index (κ1) is 11.6. The van der Waals surface area contributed by atoms with E-state index < -0.39 is 6.43 Å². The second kappa shape index (κ2) is 10.8. The van der Waals surface area contributed by atoms with E-state index in [1.165, 1.54) is 0 Å². The molecule has 2 heteroatoms. The molecule has 0 aliphatic carbocycles. The molecule has 0 saturated carbocycles. The Morgan fingerprint density at radius 3 is 1.78 bits per heavy atom. The van der Waals surface area contributed by atoms with Gasteiger partial charge in [0, 0.05) is 6.42 Å². The van der Waals surface area contributed by atoms with E-state index in [0.29, 0.717) is 6.42 Å². The zero-order valence-electron chi connectivity index (χ0n) is 6.45. The van der Waals surface area contributed by atoms with Crippen LogP contribution in [0.4, 0.5) is 8.78 Å². The SMILES string of the molecule is CC.CCCCC(F)F. The first-order valence-electron chi connectivity index (χ1n) is 3.55. The van der Waals surface area contributed by atoms with Crippen LogP contribution in [0.5, 0.6) is 0 Å². The highest BCUT2D eigenvalue weighted by atomic mass is 19.3. The molecule has 0 amide bonds. The van der Waals surface area contributed by atoms with Crippen LogP contribution in [0, 0.1) is 0 Å². The molecule has 0 bridgehead atoms. The molecule has 0 spiro atoms. The molecule has 0 unspecified atom stereocenters. The first-order valence-corrected chi connectivity index (χ1v) is 3.55. The highest BCUT2D eigenvalue weighted by molar-refractivity contribution is 4.37. The third-order valence-electron chi connectivity index (χ3n) is 0.776. The molecule has 0 heterocycles. The van der Waals surface area contributed by atoms with Crippen molar-refractivity contribution in [2.24, 2.45) is 0 Å². The van der Waals surface area contributed by atoms with Crippen molar-refractivity contribution in [1.29, 1.82) is 0 Å². The first-order chi connectivity index (χ1) is 4.27. The summed E-state index contributed by atoms with van der Waals surface area (Å²) in [5.41, 5.74) is 0. The van der Waals surface area contributed by atoms with Gasteiger partial charge in [-0.2, -0.15) is 0 Å². The van der Waals surface area contributed by atoms with Crippen LogP contribution >= 0.6 is 0 Å². The van der Waals surface area contributed by atoms with E-state index in [-0.39, 0.29) is 6.42 Å². The van der Waals surface area contributed by atoms with Crippen LogP contribution in [0.1, 0.15) is 40.0 Å². The normalized spacial score (nSPS) is 8.67. The van der Waals surface area contributed by atoms with Crippen LogP contribution in [0.2, 0.25) is 0 Å². The quantitative estimate of drug-likeness (QED) is 0.560. The lowest BCUT2D eigenvalue weighted by atomic mass is 10.3. The Balaban J connectivity index is 0. The van der Waals surface area contributed by atoms with Gasteiger partial charge in [0.15, 0.2) is 0 Å². The Hall–Kier alpha value is -0.140. The summed E-state index contributed by atoms with van der Waals surface area (Å²) in [7, 11) is 0. The largest absolute Gasteiger partial charge is 0.238 e. The molecule has 0 fully saturated rings. The summed E-state index contributed by atoms with van der Waals surface area (Å²) in [5.74, 6) is 0. The number of hydrogen-bond acceptors (Lipinski definition) is 0. The molecule has 0 aliphatic rings. The standard InChI is InChI=1S/C5H10F2.C2H6/c1-2-3-4-5(6)7;1-2/h5H,2-4H2,1H3;1-2H3. The highest BCUT2D eigenvalue weighted by Crippen LogP contribution is 2.03. The number of unbranched alkanes of at least 4 members (excludes halogenated alkanes) is 1. The molecule has 9 heavy (non-hydrogen) atoms. The summed E-state index contributed by atoms with van der Waals surface area (Å²) in [6.45, 7) is 5.91. The summed E-state index contributed by atoms with van der Waals surface area (Å²) >= 11 is 0. The average Bonchev–Trinajstić information content (AvgIpc) is 1.88. The number of rotatable bonds is 3. The van der Waals surface area contributed by atoms with Crippen LogP contribution in [0.25, 0.3) is 0 Å². The lowest BCUT2D eigenvalue weighted by Crippen LogP contribution is -1.87. The Morgan fingerprint density at radius 1 is 1.22 bits per heavy atom.